The molecule has 0 heterocycles. The minimum absolute atomic E-state index is 0.462. The smallest absolute Gasteiger partial charge is 0.395 e. The summed E-state index contributed by atoms with van der Waals surface area (Å²) in [7, 11) is 0. The van der Waals surface area contributed by atoms with E-state index in [0.717, 1.165) is 5.69 Å². The molecular weight excluding hydrogens is 348 g/mol. The Morgan fingerprint density at radius 2 is 1.27 bits per heavy atom. The number of para-hydroxylation sites is 2. The van der Waals surface area contributed by atoms with E-state index in [1.165, 1.54) is 4.90 Å². The average Bonchev–Trinajstić information content (AvgIpc) is 2.70. The van der Waals surface area contributed by atoms with Gasteiger partial charge < -0.3 is 14.9 Å². The largest absolute Gasteiger partial charge is 0.519 e. The van der Waals surface area contributed by atoms with Crippen molar-refractivity contribution in [2.45, 2.75) is 4.90 Å². The average molecular weight is 368 g/mol. The van der Waals surface area contributed by atoms with Gasteiger partial charge in [0.2, 0.25) is 0 Å². The van der Waals surface area contributed by atoms with Crippen LogP contribution >= 0.6 is 11.8 Å². The molecule has 3 rings (SSSR count). The summed E-state index contributed by atoms with van der Waals surface area (Å²) in [6.07, 6.45) is 1.31. The third-order valence-corrected chi connectivity index (χ3v) is 3.89. The molecule has 6 heteroatoms. The van der Waals surface area contributed by atoms with Gasteiger partial charge in [0.15, 0.2) is 0 Å². The minimum Gasteiger partial charge on any atom is -0.395 e. The van der Waals surface area contributed by atoms with Gasteiger partial charge in [0, 0.05) is 10.6 Å². The predicted octanol–water partition coefficient (Wildman–Crippen LogP) is 4.96. The Hall–Kier alpha value is -2.96. The van der Waals surface area contributed by atoms with E-state index < -0.39 is 6.16 Å². The Bertz CT molecular complexity index is 715. The molecule has 0 radical (unpaired) electrons. The zero-order valence-corrected chi connectivity index (χ0v) is 15.1. The van der Waals surface area contributed by atoms with Crippen LogP contribution in [0.2, 0.25) is 0 Å². The first-order valence-corrected chi connectivity index (χ1v) is 9.04. The molecule has 0 unspecified atom stereocenters. The van der Waals surface area contributed by atoms with Crippen LogP contribution in [0.3, 0.4) is 0 Å². The third kappa shape index (κ3) is 6.88. The van der Waals surface area contributed by atoms with Crippen LogP contribution < -0.4 is 20.7 Å². The van der Waals surface area contributed by atoms with E-state index in [9.17, 15) is 4.79 Å². The van der Waals surface area contributed by atoms with Crippen molar-refractivity contribution >= 4 is 23.6 Å². The van der Waals surface area contributed by atoms with Crippen LogP contribution in [0.25, 0.3) is 0 Å². The van der Waals surface area contributed by atoms with Gasteiger partial charge in [-0.15, -0.1) is 11.8 Å². The first kappa shape index (κ1) is 19.4. The summed E-state index contributed by atoms with van der Waals surface area (Å²) in [6, 6.07) is 25.5. The van der Waals surface area contributed by atoms with Crippen molar-refractivity contribution in [2.75, 3.05) is 11.7 Å². The lowest BCUT2D eigenvalue weighted by Gasteiger charge is -2.04. The quantitative estimate of drug-likeness (QED) is 0.223. The maximum Gasteiger partial charge on any atom is 0.519 e. The molecule has 0 aliphatic carbocycles. The molecule has 0 fully saturated rings. The lowest BCUT2D eigenvalue weighted by atomic mass is 10.3. The van der Waals surface area contributed by atoms with E-state index in [-0.39, 0.29) is 0 Å². The molecule has 26 heavy (non-hydrogen) atoms. The van der Waals surface area contributed by atoms with E-state index in [0.29, 0.717) is 11.5 Å². The molecule has 0 saturated heterocycles. The second kappa shape index (κ2) is 10.8. The van der Waals surface area contributed by atoms with Gasteiger partial charge in [-0.1, -0.05) is 36.4 Å². The zero-order chi connectivity index (χ0) is 18.6. The summed E-state index contributed by atoms with van der Waals surface area (Å²) >= 11 is 1.72. The standard InChI is InChI=1S/C13H10O3.C7H10N2S/c14-13(15-11-7-3-1-4-8-11)16-12-9-5-2-6-10-12;1-10-7-4-2-6(9-8)3-5-7/h1-10H;2-5,9H,8H2,1H3. The van der Waals surface area contributed by atoms with Gasteiger partial charge in [-0.2, -0.15) is 0 Å². The Labute approximate surface area is 157 Å². The number of ether oxygens (including phenoxy) is 2. The van der Waals surface area contributed by atoms with Crippen molar-refractivity contribution in [3.05, 3.63) is 84.9 Å². The fourth-order valence-corrected chi connectivity index (χ4v) is 2.29. The van der Waals surface area contributed by atoms with E-state index in [1.54, 1.807) is 60.3 Å². The van der Waals surface area contributed by atoms with E-state index in [1.807, 2.05) is 42.7 Å². The molecule has 3 N–H and O–H groups in total. The first-order valence-electron chi connectivity index (χ1n) is 7.81. The first-order chi connectivity index (χ1) is 12.7. The highest BCUT2D eigenvalue weighted by molar-refractivity contribution is 7.98. The van der Waals surface area contributed by atoms with Crippen LogP contribution in [0.5, 0.6) is 11.5 Å². The number of anilines is 1. The number of nitrogen functional groups attached to an aromatic ring is 1. The summed E-state index contributed by atoms with van der Waals surface area (Å²) in [5, 5.41) is 0. The second-order valence-corrected chi connectivity index (χ2v) is 5.83. The summed E-state index contributed by atoms with van der Waals surface area (Å²) in [5.74, 6) is 6.11. The number of hydrazine groups is 1. The highest BCUT2D eigenvalue weighted by Gasteiger charge is 2.06. The monoisotopic (exact) mass is 368 g/mol. The highest BCUT2D eigenvalue weighted by Crippen LogP contribution is 2.16. The van der Waals surface area contributed by atoms with Gasteiger partial charge in [0.25, 0.3) is 0 Å². The number of nitrogens with one attached hydrogen (secondary N) is 1. The summed E-state index contributed by atoms with van der Waals surface area (Å²) < 4.78 is 9.91. The molecular formula is C20H20N2O3S. The molecule has 0 saturated carbocycles. The Morgan fingerprint density at radius 1 is 0.808 bits per heavy atom. The van der Waals surface area contributed by atoms with E-state index >= 15 is 0 Å². The van der Waals surface area contributed by atoms with Crippen molar-refractivity contribution in [1.29, 1.82) is 0 Å². The van der Waals surface area contributed by atoms with Crippen LogP contribution in [-0.2, 0) is 0 Å². The molecule has 134 valence electrons. The van der Waals surface area contributed by atoms with Crippen LogP contribution in [0.1, 0.15) is 0 Å². The molecule has 5 nitrogen and oxygen atoms in total. The topological polar surface area (TPSA) is 73.6 Å². The predicted molar refractivity (Wildman–Crippen MR) is 106 cm³/mol. The molecule has 0 aliphatic rings. The summed E-state index contributed by atoms with van der Waals surface area (Å²) in [6.45, 7) is 0. The lowest BCUT2D eigenvalue weighted by Crippen LogP contribution is -2.13. The van der Waals surface area contributed by atoms with Gasteiger partial charge in [0.05, 0.1) is 0 Å². The fourth-order valence-electron chi connectivity index (χ4n) is 1.88. The Morgan fingerprint density at radius 3 is 1.65 bits per heavy atom. The molecule has 0 atom stereocenters. The van der Waals surface area contributed by atoms with Crippen LogP contribution in [0.4, 0.5) is 10.5 Å². The summed E-state index contributed by atoms with van der Waals surface area (Å²) in [5.41, 5.74) is 3.51. The number of thioether (sulfide) groups is 1. The van der Waals surface area contributed by atoms with Gasteiger partial charge in [-0.3, -0.25) is 5.84 Å². The minimum atomic E-state index is -0.739. The summed E-state index contributed by atoms with van der Waals surface area (Å²) in [4.78, 5) is 12.6. The molecule has 3 aromatic rings. The van der Waals surface area contributed by atoms with Crippen LogP contribution in [0.15, 0.2) is 89.8 Å². The number of rotatable bonds is 4. The zero-order valence-electron chi connectivity index (χ0n) is 14.3. The second-order valence-electron chi connectivity index (χ2n) is 4.95. The van der Waals surface area contributed by atoms with Gasteiger partial charge in [0.1, 0.15) is 11.5 Å². The van der Waals surface area contributed by atoms with Crippen LogP contribution in [-0.4, -0.2) is 12.4 Å². The maximum atomic E-state index is 11.3. The van der Waals surface area contributed by atoms with Crippen molar-refractivity contribution in [3.63, 3.8) is 0 Å². The number of benzene rings is 3. The highest BCUT2D eigenvalue weighted by atomic mass is 32.2. The normalized spacial score (nSPS) is 9.46. The SMILES string of the molecule is CSc1ccc(NN)cc1.O=C(Oc1ccccc1)Oc1ccccc1. The molecule has 0 aliphatic heterocycles. The van der Waals surface area contributed by atoms with E-state index in [2.05, 4.69) is 5.43 Å². The molecule has 0 aromatic heterocycles. The number of carbonyl (C=O) groups is 1. The maximum absolute atomic E-state index is 11.3. The van der Waals surface area contributed by atoms with Crippen LogP contribution in [0, 0.1) is 0 Å². The molecule has 0 spiro atoms. The van der Waals surface area contributed by atoms with Crippen molar-refractivity contribution < 1.29 is 14.3 Å². The number of hydrogen-bond donors (Lipinski definition) is 2. The van der Waals surface area contributed by atoms with Crippen molar-refractivity contribution in [3.8, 4) is 11.5 Å². The number of carbonyl (C=O) groups excluding carboxylic acids is 1. The third-order valence-electron chi connectivity index (χ3n) is 3.15. The van der Waals surface area contributed by atoms with Gasteiger partial charge in [-0.25, -0.2) is 4.79 Å². The van der Waals surface area contributed by atoms with Crippen molar-refractivity contribution in [1.82, 2.24) is 0 Å². The molecule has 0 bridgehead atoms. The fraction of sp³-hybridized carbons (Fsp3) is 0.0500. The molecule has 0 amide bonds. The van der Waals surface area contributed by atoms with Crippen molar-refractivity contribution in [2.24, 2.45) is 5.84 Å². The van der Waals surface area contributed by atoms with E-state index in [4.69, 9.17) is 15.3 Å². The number of hydrogen-bond acceptors (Lipinski definition) is 6. The number of nitrogens with two attached hydrogens (primary N) is 1. The molecule has 3 aromatic carbocycles. The van der Waals surface area contributed by atoms with Gasteiger partial charge >= 0.3 is 6.16 Å². The Balaban J connectivity index is 0.000000209. The van der Waals surface area contributed by atoms with Gasteiger partial charge in [-0.05, 0) is 54.8 Å². The lowest BCUT2D eigenvalue weighted by molar-refractivity contribution is 0.152. The Kier molecular flexibility index (Phi) is 8.05.